The van der Waals surface area contributed by atoms with E-state index in [1.165, 1.54) is 5.56 Å². The molecule has 0 amide bonds. The second kappa shape index (κ2) is 15.4. The van der Waals surface area contributed by atoms with E-state index < -0.39 is 11.9 Å². The Balaban J connectivity index is 1.26. The molecule has 0 N–H and O–H groups in total. The quantitative estimate of drug-likeness (QED) is 0.0623. The van der Waals surface area contributed by atoms with Gasteiger partial charge in [0.1, 0.15) is 11.5 Å². The van der Waals surface area contributed by atoms with Gasteiger partial charge in [0.05, 0.1) is 5.70 Å². The third kappa shape index (κ3) is 7.65. The third-order valence-corrected chi connectivity index (χ3v) is 9.27. The van der Waals surface area contributed by atoms with Crippen LogP contribution >= 0.6 is 0 Å². The van der Waals surface area contributed by atoms with E-state index in [9.17, 15) is 9.59 Å². The van der Waals surface area contributed by atoms with Gasteiger partial charge < -0.3 is 19.3 Å². The first-order chi connectivity index (χ1) is 26.1. The molecule has 0 spiro atoms. The lowest BCUT2D eigenvalue weighted by Crippen LogP contribution is -2.16. The fraction of sp³-hybridized carbons (Fsp3) is 0.104. The van der Waals surface area contributed by atoms with Gasteiger partial charge in [-0.05, 0) is 146 Å². The smallest absolute Gasteiger partial charge is 0.338 e. The lowest BCUT2D eigenvalue weighted by molar-refractivity contribution is -0.135. The molecule has 2 aliphatic rings. The second-order valence-electron chi connectivity index (χ2n) is 13.4. The van der Waals surface area contributed by atoms with Crippen molar-refractivity contribution in [1.82, 2.24) is 0 Å². The molecule has 0 aliphatic heterocycles. The number of allylic oxidation sites excluding steroid dienone is 5. The molecule has 0 bridgehead atoms. The Bertz CT molecular complexity index is 2480. The number of fused-ring (bicyclic) bond motifs is 2. The fourth-order valence-corrected chi connectivity index (χ4v) is 6.52. The average Bonchev–Trinajstić information content (AvgIpc) is 3.46. The van der Waals surface area contributed by atoms with Gasteiger partial charge in [-0.15, -0.1) is 0 Å². The normalized spacial score (nSPS) is 12.9. The second-order valence-corrected chi connectivity index (χ2v) is 13.4. The summed E-state index contributed by atoms with van der Waals surface area (Å²) in [4.78, 5) is 28.8. The van der Waals surface area contributed by atoms with Crippen molar-refractivity contribution in [2.75, 3.05) is 9.80 Å². The molecular formula is C48H40N2O4. The molecular weight excluding hydrogens is 669 g/mol. The largest absolute Gasteiger partial charge is 0.428 e. The van der Waals surface area contributed by atoms with E-state index in [2.05, 4.69) is 108 Å². The van der Waals surface area contributed by atoms with Crippen molar-refractivity contribution in [1.29, 1.82) is 0 Å². The van der Waals surface area contributed by atoms with Crippen LogP contribution in [0.3, 0.4) is 0 Å². The summed E-state index contributed by atoms with van der Waals surface area (Å²) in [5.41, 5.74) is 13.4. The SMILES string of the molecule is C=C(C)C(=O)OC1=Cc2ccc(N(C3=C=CC=CC=C3)c3ccc(N(c4ccccc4)c4cc5ccc(OC(=O)C(=C)C)cc5cc4C)cc3)cc2CC1. The van der Waals surface area contributed by atoms with Crippen molar-refractivity contribution < 1.29 is 19.1 Å². The van der Waals surface area contributed by atoms with Crippen molar-refractivity contribution in [3.8, 4) is 5.75 Å². The van der Waals surface area contributed by atoms with E-state index >= 15 is 0 Å². The standard InChI is InChI=1S/C48H40N2O4/c1-32(2)47(51)53-44-25-18-35-28-43(20-17-36(35)29-44)49(39-13-9-6-7-10-14-39)41-21-23-42(24-22-41)50(40-15-11-8-12-16-40)46-31-37-19-26-45(54-48(52)33(3)4)30-38(37)27-34(46)5/h6-13,15-17,19-24,26-31H,1,3,18,25H2,2,4-5H3. The monoisotopic (exact) mass is 708 g/mol. The number of carbonyl (C=O) groups excluding carboxylic acids is 2. The Kier molecular flexibility index (Phi) is 10.1. The fourth-order valence-electron chi connectivity index (χ4n) is 6.52. The van der Waals surface area contributed by atoms with Crippen LogP contribution in [0.1, 0.15) is 37.0 Å². The first kappa shape index (κ1) is 35.5. The summed E-state index contributed by atoms with van der Waals surface area (Å²) in [6, 6.07) is 35.2. The molecule has 7 rings (SSSR count). The molecule has 2 aliphatic carbocycles. The van der Waals surface area contributed by atoms with Gasteiger partial charge >= 0.3 is 11.9 Å². The third-order valence-electron chi connectivity index (χ3n) is 9.27. The average molecular weight is 709 g/mol. The van der Waals surface area contributed by atoms with Gasteiger partial charge in [-0.25, -0.2) is 9.59 Å². The molecule has 0 aromatic heterocycles. The Morgan fingerprint density at radius 2 is 1.35 bits per heavy atom. The molecule has 5 aromatic carbocycles. The number of nitrogens with zero attached hydrogens (tertiary/aromatic N) is 2. The minimum absolute atomic E-state index is 0.351. The van der Waals surface area contributed by atoms with E-state index in [0.29, 0.717) is 29.1 Å². The zero-order valence-corrected chi connectivity index (χ0v) is 30.6. The summed E-state index contributed by atoms with van der Waals surface area (Å²) in [7, 11) is 0. The maximum Gasteiger partial charge on any atom is 0.338 e. The summed E-state index contributed by atoms with van der Waals surface area (Å²) in [6.45, 7) is 12.8. The Labute approximate surface area is 316 Å². The number of carbonyl (C=O) groups is 2. The predicted molar refractivity (Wildman–Crippen MR) is 219 cm³/mol. The topological polar surface area (TPSA) is 59.1 Å². The number of para-hydroxylation sites is 1. The molecule has 5 aromatic rings. The Hall–Kier alpha value is -6.88. The summed E-state index contributed by atoms with van der Waals surface area (Å²) in [5, 5.41) is 1.99. The first-order valence-corrected chi connectivity index (χ1v) is 17.8. The van der Waals surface area contributed by atoms with Crippen LogP contribution in [0.5, 0.6) is 5.75 Å². The highest BCUT2D eigenvalue weighted by molar-refractivity contribution is 5.94. The van der Waals surface area contributed by atoms with Crippen LogP contribution in [-0.4, -0.2) is 11.9 Å². The van der Waals surface area contributed by atoms with Crippen LogP contribution in [0.4, 0.5) is 28.4 Å². The van der Waals surface area contributed by atoms with Gasteiger partial charge in [0.15, 0.2) is 0 Å². The minimum atomic E-state index is -0.444. The Morgan fingerprint density at radius 1 is 0.667 bits per heavy atom. The van der Waals surface area contributed by atoms with Crippen molar-refractivity contribution in [3.63, 3.8) is 0 Å². The zero-order chi connectivity index (χ0) is 37.8. The van der Waals surface area contributed by atoms with Crippen LogP contribution in [0, 0.1) is 6.92 Å². The van der Waals surface area contributed by atoms with E-state index in [0.717, 1.165) is 62.5 Å². The predicted octanol–water partition coefficient (Wildman–Crippen LogP) is 11.8. The van der Waals surface area contributed by atoms with E-state index in [-0.39, 0.29) is 0 Å². The maximum atomic E-state index is 12.2. The van der Waals surface area contributed by atoms with Gasteiger partial charge in [-0.1, -0.05) is 67.4 Å². The minimum Gasteiger partial charge on any atom is -0.428 e. The van der Waals surface area contributed by atoms with Gasteiger partial charge in [0.25, 0.3) is 0 Å². The molecule has 266 valence electrons. The molecule has 0 atom stereocenters. The van der Waals surface area contributed by atoms with E-state index in [1.807, 2.05) is 66.8 Å². The number of hydrogen-bond donors (Lipinski definition) is 0. The van der Waals surface area contributed by atoms with Crippen molar-refractivity contribution in [3.05, 3.63) is 192 Å². The van der Waals surface area contributed by atoms with Crippen LogP contribution < -0.4 is 14.5 Å². The number of aryl methyl sites for hydroxylation is 2. The molecule has 6 nitrogen and oxygen atoms in total. The summed E-state index contributed by atoms with van der Waals surface area (Å²) < 4.78 is 11.1. The highest BCUT2D eigenvalue weighted by Crippen LogP contribution is 2.41. The van der Waals surface area contributed by atoms with E-state index in [1.54, 1.807) is 13.8 Å². The van der Waals surface area contributed by atoms with Gasteiger partial charge in [0.2, 0.25) is 0 Å². The molecule has 0 heterocycles. The van der Waals surface area contributed by atoms with Gasteiger partial charge in [-0.2, -0.15) is 0 Å². The van der Waals surface area contributed by atoms with Crippen LogP contribution in [0.2, 0.25) is 0 Å². The number of esters is 2. The molecule has 0 saturated heterocycles. The van der Waals surface area contributed by atoms with Gasteiger partial charge in [0, 0.05) is 46.0 Å². The lowest BCUT2D eigenvalue weighted by Gasteiger charge is -2.29. The zero-order valence-electron chi connectivity index (χ0n) is 30.6. The highest BCUT2D eigenvalue weighted by atomic mass is 16.5. The first-order valence-electron chi connectivity index (χ1n) is 17.8. The van der Waals surface area contributed by atoms with Gasteiger partial charge in [-0.3, -0.25) is 0 Å². The number of hydrogen-bond acceptors (Lipinski definition) is 6. The molecule has 0 unspecified atom stereocenters. The number of anilines is 5. The lowest BCUT2D eigenvalue weighted by atomic mass is 9.95. The summed E-state index contributed by atoms with van der Waals surface area (Å²) >= 11 is 0. The maximum absolute atomic E-state index is 12.2. The Morgan fingerprint density at radius 3 is 2.09 bits per heavy atom. The molecule has 0 saturated carbocycles. The van der Waals surface area contributed by atoms with Crippen molar-refractivity contribution in [2.45, 2.75) is 33.6 Å². The molecule has 54 heavy (non-hydrogen) atoms. The number of ether oxygens (including phenoxy) is 2. The highest BCUT2D eigenvalue weighted by Gasteiger charge is 2.21. The van der Waals surface area contributed by atoms with Crippen LogP contribution in [-0.2, 0) is 20.7 Å². The summed E-state index contributed by atoms with van der Waals surface area (Å²) in [6.07, 6.45) is 13.3. The molecule has 0 fully saturated rings. The number of rotatable bonds is 10. The van der Waals surface area contributed by atoms with Crippen LogP contribution in [0.25, 0.3) is 16.8 Å². The van der Waals surface area contributed by atoms with Crippen molar-refractivity contribution in [2.24, 2.45) is 0 Å². The molecule has 6 heteroatoms. The summed E-state index contributed by atoms with van der Waals surface area (Å²) in [5.74, 6) is 0.288. The number of benzene rings is 5. The van der Waals surface area contributed by atoms with E-state index in [4.69, 9.17) is 9.47 Å². The van der Waals surface area contributed by atoms with Crippen molar-refractivity contribution >= 4 is 57.2 Å². The van der Waals surface area contributed by atoms with Crippen LogP contribution in [0.15, 0.2) is 175 Å². The molecule has 0 radical (unpaired) electrons.